The van der Waals surface area contributed by atoms with E-state index in [0.29, 0.717) is 26.6 Å². The number of amides is 1. The molecular weight excluding hydrogens is 490 g/mol. The predicted molar refractivity (Wildman–Crippen MR) is 130 cm³/mol. The molecule has 1 N–H and O–H groups in total. The minimum absolute atomic E-state index is 0.000944. The molecule has 2 heterocycles. The number of nitrogens with one attached hydrogen (secondary N) is 1. The van der Waals surface area contributed by atoms with Crippen LogP contribution >= 0.6 is 27.7 Å². The average Bonchev–Trinajstić information content (AvgIpc) is 2.81. The Kier molecular flexibility index (Phi) is 6.53. The van der Waals surface area contributed by atoms with Crippen LogP contribution in [0.5, 0.6) is 0 Å². The molecule has 4 rings (SSSR count). The maximum Gasteiger partial charge on any atom is 0.244 e. The van der Waals surface area contributed by atoms with E-state index in [9.17, 15) is 14.4 Å². The molecule has 0 radical (unpaired) electrons. The van der Waals surface area contributed by atoms with Gasteiger partial charge in [-0.2, -0.15) is 0 Å². The number of hydrogen-bond donors (Lipinski definition) is 1. The fourth-order valence-corrected chi connectivity index (χ4v) is 4.20. The van der Waals surface area contributed by atoms with Gasteiger partial charge in [0.1, 0.15) is 6.54 Å². The highest BCUT2D eigenvalue weighted by molar-refractivity contribution is 9.10. The van der Waals surface area contributed by atoms with Gasteiger partial charge in [0, 0.05) is 44.6 Å². The third-order valence-electron chi connectivity index (χ3n) is 4.90. The molecule has 0 saturated carbocycles. The van der Waals surface area contributed by atoms with Crippen LogP contribution in [0.1, 0.15) is 15.9 Å². The van der Waals surface area contributed by atoms with E-state index in [-0.39, 0.29) is 23.4 Å². The summed E-state index contributed by atoms with van der Waals surface area (Å²) in [6.45, 7) is -0.0570. The monoisotopic (exact) mass is 507 g/mol. The van der Waals surface area contributed by atoms with Gasteiger partial charge in [0.15, 0.2) is 5.78 Å². The summed E-state index contributed by atoms with van der Waals surface area (Å²) < 4.78 is 2.34. The minimum atomic E-state index is -0.416. The van der Waals surface area contributed by atoms with E-state index >= 15 is 0 Å². The Balaban J connectivity index is 1.74. The molecule has 0 atom stereocenters. The smallest absolute Gasteiger partial charge is 0.244 e. The van der Waals surface area contributed by atoms with Gasteiger partial charge in [-0.15, -0.1) is 11.8 Å². The molecule has 0 spiro atoms. The fourth-order valence-electron chi connectivity index (χ4n) is 3.38. The Labute approximate surface area is 196 Å². The molecule has 4 aromatic rings. The first-order valence-corrected chi connectivity index (χ1v) is 11.7. The molecule has 0 bridgehead atoms. The van der Waals surface area contributed by atoms with Crippen molar-refractivity contribution in [1.29, 1.82) is 0 Å². The molecule has 32 heavy (non-hydrogen) atoms. The number of carbonyl (C=O) groups is 2. The third kappa shape index (κ3) is 4.66. The molecule has 2 aromatic carbocycles. The summed E-state index contributed by atoms with van der Waals surface area (Å²) in [4.78, 5) is 43.9. The van der Waals surface area contributed by atoms with Gasteiger partial charge in [-0.25, -0.2) is 0 Å². The van der Waals surface area contributed by atoms with E-state index in [1.54, 1.807) is 46.7 Å². The summed E-state index contributed by atoms with van der Waals surface area (Å²) in [5.41, 5.74) is 1.23. The van der Waals surface area contributed by atoms with Crippen molar-refractivity contribution in [3.8, 4) is 0 Å². The van der Waals surface area contributed by atoms with Crippen molar-refractivity contribution in [2.45, 2.75) is 11.4 Å². The number of ketones is 1. The molecule has 2 aromatic heterocycles. The number of benzene rings is 2. The van der Waals surface area contributed by atoms with Crippen LogP contribution < -0.4 is 10.7 Å². The van der Waals surface area contributed by atoms with Crippen LogP contribution in [0.3, 0.4) is 0 Å². The molecule has 0 saturated heterocycles. The average molecular weight is 508 g/mol. The van der Waals surface area contributed by atoms with Crippen LogP contribution in [0, 0.1) is 0 Å². The molecule has 0 aliphatic carbocycles. The van der Waals surface area contributed by atoms with E-state index < -0.39 is 5.78 Å². The SMILES string of the molecule is CSc1cccc(NC(=O)Cn2cc(C(=O)c3ccncc3)c(=O)c3cc(Br)ccc32)c1. The Bertz CT molecular complexity index is 1390. The van der Waals surface area contributed by atoms with Crippen molar-refractivity contribution in [2.24, 2.45) is 0 Å². The number of rotatable bonds is 6. The summed E-state index contributed by atoms with van der Waals surface area (Å²) >= 11 is 4.97. The molecule has 1 amide bonds. The number of aromatic nitrogens is 2. The van der Waals surface area contributed by atoms with E-state index in [1.165, 1.54) is 18.6 Å². The summed E-state index contributed by atoms with van der Waals surface area (Å²) in [6, 6.07) is 15.9. The maximum absolute atomic E-state index is 13.1. The van der Waals surface area contributed by atoms with Crippen LogP contribution in [-0.4, -0.2) is 27.5 Å². The van der Waals surface area contributed by atoms with E-state index in [0.717, 1.165) is 4.90 Å². The molecule has 8 heteroatoms. The first kappa shape index (κ1) is 22.0. The number of fused-ring (bicyclic) bond motifs is 1. The van der Waals surface area contributed by atoms with E-state index in [1.807, 2.05) is 30.5 Å². The number of hydrogen-bond acceptors (Lipinski definition) is 5. The lowest BCUT2D eigenvalue weighted by Gasteiger charge is -2.14. The lowest BCUT2D eigenvalue weighted by Crippen LogP contribution is -2.24. The highest BCUT2D eigenvalue weighted by Crippen LogP contribution is 2.21. The lowest BCUT2D eigenvalue weighted by molar-refractivity contribution is -0.116. The quantitative estimate of drug-likeness (QED) is 0.300. The minimum Gasteiger partial charge on any atom is -0.337 e. The van der Waals surface area contributed by atoms with Crippen molar-refractivity contribution < 1.29 is 9.59 Å². The van der Waals surface area contributed by atoms with Gasteiger partial charge in [0.05, 0.1) is 11.1 Å². The number of thioether (sulfide) groups is 1. The zero-order valence-electron chi connectivity index (χ0n) is 17.0. The molecular formula is C24H18BrN3O3S. The standard InChI is InChI=1S/C24H18BrN3O3S/c1-32-18-4-2-3-17(12-18)27-22(29)14-28-13-20(23(30)15-7-9-26-10-8-15)24(31)19-11-16(25)5-6-21(19)28/h2-13H,14H2,1H3,(H,27,29). The topological polar surface area (TPSA) is 81.1 Å². The summed E-state index contributed by atoms with van der Waals surface area (Å²) in [6.07, 6.45) is 6.42. The van der Waals surface area contributed by atoms with Crippen molar-refractivity contribution >= 4 is 56.0 Å². The van der Waals surface area contributed by atoms with Crippen molar-refractivity contribution in [3.63, 3.8) is 0 Å². The number of pyridine rings is 2. The van der Waals surface area contributed by atoms with Crippen molar-refractivity contribution in [3.05, 3.63) is 99.0 Å². The number of carbonyl (C=O) groups excluding carboxylic acids is 2. The largest absolute Gasteiger partial charge is 0.337 e. The first-order valence-electron chi connectivity index (χ1n) is 9.67. The molecule has 0 unspecified atom stereocenters. The van der Waals surface area contributed by atoms with Crippen LogP contribution in [0.2, 0.25) is 0 Å². The van der Waals surface area contributed by atoms with Crippen LogP contribution in [0.4, 0.5) is 5.69 Å². The number of anilines is 1. The molecule has 0 aliphatic rings. The highest BCUT2D eigenvalue weighted by Gasteiger charge is 2.18. The number of halogens is 1. The second kappa shape index (κ2) is 9.50. The zero-order chi connectivity index (χ0) is 22.7. The Hall–Kier alpha value is -3.23. The van der Waals surface area contributed by atoms with Gasteiger partial charge in [0.25, 0.3) is 0 Å². The van der Waals surface area contributed by atoms with E-state index in [2.05, 4.69) is 26.2 Å². The van der Waals surface area contributed by atoms with Gasteiger partial charge in [0.2, 0.25) is 11.3 Å². The Morgan fingerprint density at radius 1 is 1.09 bits per heavy atom. The van der Waals surface area contributed by atoms with Gasteiger partial charge < -0.3 is 9.88 Å². The van der Waals surface area contributed by atoms with Crippen LogP contribution in [0.25, 0.3) is 10.9 Å². The van der Waals surface area contributed by atoms with Gasteiger partial charge in [-0.1, -0.05) is 22.0 Å². The number of nitrogens with zero attached hydrogens (tertiary/aromatic N) is 2. The van der Waals surface area contributed by atoms with E-state index in [4.69, 9.17) is 0 Å². The lowest BCUT2D eigenvalue weighted by atomic mass is 10.0. The fraction of sp³-hybridized carbons (Fsp3) is 0.0833. The van der Waals surface area contributed by atoms with Gasteiger partial charge in [-0.05, 0) is 54.8 Å². The highest BCUT2D eigenvalue weighted by atomic mass is 79.9. The third-order valence-corrected chi connectivity index (χ3v) is 6.12. The Morgan fingerprint density at radius 2 is 1.88 bits per heavy atom. The summed E-state index contributed by atoms with van der Waals surface area (Å²) in [5, 5.41) is 3.24. The zero-order valence-corrected chi connectivity index (χ0v) is 19.4. The normalized spacial score (nSPS) is 10.8. The van der Waals surface area contributed by atoms with Crippen LogP contribution in [-0.2, 0) is 11.3 Å². The van der Waals surface area contributed by atoms with Gasteiger partial charge >= 0.3 is 0 Å². The predicted octanol–water partition coefficient (Wildman–Crippen LogP) is 4.75. The summed E-state index contributed by atoms with van der Waals surface area (Å²) in [5.74, 6) is -0.681. The first-order chi connectivity index (χ1) is 15.5. The maximum atomic E-state index is 13.1. The molecule has 6 nitrogen and oxygen atoms in total. The van der Waals surface area contributed by atoms with Crippen LogP contribution in [0.15, 0.2) is 87.4 Å². The second-order valence-corrected chi connectivity index (χ2v) is 8.80. The molecule has 160 valence electrons. The molecule has 0 aliphatic heterocycles. The van der Waals surface area contributed by atoms with Crippen molar-refractivity contribution in [1.82, 2.24) is 9.55 Å². The summed E-state index contributed by atoms with van der Waals surface area (Å²) in [7, 11) is 0. The second-order valence-electron chi connectivity index (χ2n) is 7.01. The molecule has 0 fully saturated rings. The van der Waals surface area contributed by atoms with Gasteiger partial charge in [-0.3, -0.25) is 19.4 Å². The Morgan fingerprint density at radius 3 is 2.62 bits per heavy atom. The van der Waals surface area contributed by atoms with Crippen molar-refractivity contribution in [2.75, 3.05) is 11.6 Å².